The Bertz CT molecular complexity index is 490. The van der Waals surface area contributed by atoms with E-state index in [4.69, 9.17) is 0 Å². The molecule has 0 aromatic carbocycles. The second-order valence-electron chi connectivity index (χ2n) is 4.76. The maximum absolute atomic E-state index is 12.2. The van der Waals surface area contributed by atoms with E-state index in [1.54, 1.807) is 4.57 Å². The average Bonchev–Trinajstić information content (AvgIpc) is 3.02. The number of nitrogens with one attached hydrogen (secondary N) is 1. The Morgan fingerprint density at radius 1 is 1.47 bits per heavy atom. The Morgan fingerprint density at radius 3 is 2.79 bits per heavy atom. The number of rotatable bonds is 5. The number of H-pyrrole nitrogens is 1. The molecule has 1 atom stereocenters. The normalized spacial score (nSPS) is 16.8. The molecule has 1 N–H and O–H groups in total. The van der Waals surface area contributed by atoms with E-state index in [-0.39, 0.29) is 16.8 Å². The van der Waals surface area contributed by atoms with Gasteiger partial charge in [0.25, 0.3) is 0 Å². The minimum absolute atomic E-state index is 0.140. The molecule has 0 spiro atoms. The summed E-state index contributed by atoms with van der Waals surface area (Å²) in [6.07, 6.45) is 3.04. The van der Waals surface area contributed by atoms with Crippen molar-refractivity contribution < 1.29 is 4.79 Å². The lowest BCUT2D eigenvalue weighted by atomic mass is 10.4. The molecule has 106 valence electrons. The Hall–Kier alpha value is -1.24. The number of aromatic nitrogens is 3. The molecular formula is C12H20N4O2S. The fourth-order valence-electron chi connectivity index (χ4n) is 2.22. The highest BCUT2D eigenvalue weighted by Crippen LogP contribution is 2.23. The van der Waals surface area contributed by atoms with Crippen molar-refractivity contribution in [3.8, 4) is 0 Å². The van der Waals surface area contributed by atoms with Gasteiger partial charge in [0.2, 0.25) is 5.91 Å². The molecule has 1 aliphatic rings. The van der Waals surface area contributed by atoms with E-state index in [1.807, 2.05) is 18.7 Å². The lowest BCUT2D eigenvalue weighted by molar-refractivity contribution is -0.129. The Morgan fingerprint density at radius 2 is 2.16 bits per heavy atom. The van der Waals surface area contributed by atoms with Crippen LogP contribution in [0.15, 0.2) is 9.95 Å². The quantitative estimate of drug-likeness (QED) is 0.822. The summed E-state index contributed by atoms with van der Waals surface area (Å²) in [7, 11) is 0. The van der Waals surface area contributed by atoms with Gasteiger partial charge in [-0.1, -0.05) is 18.7 Å². The van der Waals surface area contributed by atoms with E-state index in [0.29, 0.717) is 11.7 Å². The number of aromatic amines is 1. The van der Waals surface area contributed by atoms with Crippen LogP contribution in [-0.4, -0.2) is 43.9 Å². The number of amides is 1. The fraction of sp³-hybridized carbons (Fsp3) is 0.750. The molecule has 1 amide bonds. The molecule has 19 heavy (non-hydrogen) atoms. The molecule has 0 saturated carbocycles. The van der Waals surface area contributed by atoms with Crippen LogP contribution in [0.1, 0.15) is 33.1 Å². The first-order chi connectivity index (χ1) is 9.13. The van der Waals surface area contributed by atoms with Gasteiger partial charge < -0.3 is 4.90 Å². The summed E-state index contributed by atoms with van der Waals surface area (Å²) in [6.45, 7) is 6.22. The SMILES string of the molecule is CCCn1c(S[C@@H](C)C(=O)N2CCCC2)n[nH]c1=O. The third-order valence-corrected chi connectivity index (χ3v) is 4.30. The molecule has 1 aromatic heterocycles. The largest absolute Gasteiger partial charge is 0.343 e. The van der Waals surface area contributed by atoms with E-state index in [9.17, 15) is 9.59 Å². The molecule has 0 bridgehead atoms. The van der Waals surface area contributed by atoms with Crippen LogP contribution in [0.5, 0.6) is 0 Å². The Balaban J connectivity index is 2.03. The van der Waals surface area contributed by atoms with Gasteiger partial charge in [-0.15, -0.1) is 5.10 Å². The molecule has 0 radical (unpaired) electrons. The van der Waals surface area contributed by atoms with Crippen molar-refractivity contribution in [3.63, 3.8) is 0 Å². The Kier molecular flexibility index (Phi) is 4.68. The highest BCUT2D eigenvalue weighted by atomic mass is 32.2. The zero-order chi connectivity index (χ0) is 13.8. The molecule has 1 saturated heterocycles. The van der Waals surface area contributed by atoms with Gasteiger partial charge in [0, 0.05) is 19.6 Å². The first-order valence-corrected chi connectivity index (χ1v) is 7.62. The van der Waals surface area contributed by atoms with Crippen LogP contribution >= 0.6 is 11.8 Å². The first kappa shape index (κ1) is 14.2. The van der Waals surface area contributed by atoms with Crippen LogP contribution in [0.4, 0.5) is 0 Å². The zero-order valence-electron chi connectivity index (χ0n) is 11.4. The predicted molar refractivity (Wildman–Crippen MR) is 74.3 cm³/mol. The van der Waals surface area contributed by atoms with Crippen molar-refractivity contribution in [3.05, 3.63) is 10.5 Å². The van der Waals surface area contributed by atoms with Gasteiger partial charge in [0.15, 0.2) is 5.16 Å². The van der Waals surface area contributed by atoms with Crippen molar-refractivity contribution in [2.24, 2.45) is 0 Å². The molecule has 7 heteroatoms. The van der Waals surface area contributed by atoms with Gasteiger partial charge in [0.05, 0.1) is 5.25 Å². The van der Waals surface area contributed by atoms with Crippen LogP contribution < -0.4 is 5.69 Å². The molecule has 1 fully saturated rings. The Labute approximate surface area is 116 Å². The molecule has 1 aromatic rings. The van der Waals surface area contributed by atoms with Crippen molar-refractivity contribution in [2.75, 3.05) is 13.1 Å². The average molecular weight is 284 g/mol. The van der Waals surface area contributed by atoms with Crippen LogP contribution in [-0.2, 0) is 11.3 Å². The summed E-state index contributed by atoms with van der Waals surface area (Å²) in [6, 6.07) is 0. The van der Waals surface area contributed by atoms with E-state index < -0.39 is 0 Å². The van der Waals surface area contributed by atoms with Gasteiger partial charge >= 0.3 is 5.69 Å². The van der Waals surface area contributed by atoms with Crippen LogP contribution in [0.3, 0.4) is 0 Å². The lowest BCUT2D eigenvalue weighted by Crippen LogP contribution is -2.34. The van der Waals surface area contributed by atoms with Crippen LogP contribution in [0.25, 0.3) is 0 Å². The van der Waals surface area contributed by atoms with Crippen molar-refractivity contribution in [2.45, 2.75) is 50.1 Å². The minimum atomic E-state index is -0.205. The third kappa shape index (κ3) is 3.20. The summed E-state index contributed by atoms with van der Waals surface area (Å²) in [4.78, 5) is 25.7. The predicted octanol–water partition coefficient (Wildman–Crippen LogP) is 1.08. The van der Waals surface area contributed by atoms with Gasteiger partial charge in [-0.2, -0.15) is 0 Å². The van der Waals surface area contributed by atoms with E-state index in [1.165, 1.54) is 11.8 Å². The maximum atomic E-state index is 12.2. The maximum Gasteiger partial charge on any atom is 0.343 e. The zero-order valence-corrected chi connectivity index (χ0v) is 12.2. The lowest BCUT2D eigenvalue weighted by Gasteiger charge is -2.19. The van der Waals surface area contributed by atoms with Crippen LogP contribution in [0, 0.1) is 0 Å². The number of hydrogen-bond acceptors (Lipinski definition) is 4. The topological polar surface area (TPSA) is 71.0 Å². The number of nitrogens with zero attached hydrogens (tertiary/aromatic N) is 3. The van der Waals surface area contributed by atoms with Gasteiger partial charge in [-0.25, -0.2) is 9.89 Å². The number of carbonyl (C=O) groups excluding carboxylic acids is 1. The second-order valence-corrected chi connectivity index (χ2v) is 6.06. The van der Waals surface area contributed by atoms with E-state index in [0.717, 1.165) is 32.4 Å². The number of carbonyl (C=O) groups is 1. The molecule has 0 unspecified atom stereocenters. The molecule has 2 heterocycles. The van der Waals surface area contributed by atoms with E-state index >= 15 is 0 Å². The first-order valence-electron chi connectivity index (χ1n) is 6.74. The highest BCUT2D eigenvalue weighted by Gasteiger charge is 2.25. The molecule has 6 nitrogen and oxygen atoms in total. The van der Waals surface area contributed by atoms with Crippen molar-refractivity contribution >= 4 is 17.7 Å². The molecule has 1 aliphatic heterocycles. The van der Waals surface area contributed by atoms with Crippen molar-refractivity contribution in [1.29, 1.82) is 0 Å². The number of likely N-dealkylation sites (tertiary alicyclic amines) is 1. The molecule has 0 aliphatic carbocycles. The van der Waals surface area contributed by atoms with Crippen LogP contribution in [0.2, 0.25) is 0 Å². The third-order valence-electron chi connectivity index (χ3n) is 3.22. The molecule has 2 rings (SSSR count). The summed E-state index contributed by atoms with van der Waals surface area (Å²) >= 11 is 1.36. The monoisotopic (exact) mass is 284 g/mol. The minimum Gasteiger partial charge on any atom is -0.342 e. The van der Waals surface area contributed by atoms with Gasteiger partial charge in [0.1, 0.15) is 0 Å². The summed E-state index contributed by atoms with van der Waals surface area (Å²) in [5.74, 6) is 0.140. The molecular weight excluding hydrogens is 264 g/mol. The summed E-state index contributed by atoms with van der Waals surface area (Å²) < 4.78 is 1.60. The van der Waals surface area contributed by atoms with Gasteiger partial charge in [-0.3, -0.25) is 9.36 Å². The van der Waals surface area contributed by atoms with E-state index in [2.05, 4.69) is 10.2 Å². The summed E-state index contributed by atoms with van der Waals surface area (Å²) in [5.41, 5.74) is -0.204. The fourth-order valence-corrected chi connectivity index (χ4v) is 3.18. The standard InChI is InChI=1S/C12H20N4O2S/c1-3-6-16-11(18)13-14-12(16)19-9(2)10(17)15-7-4-5-8-15/h9H,3-8H2,1-2H3,(H,13,18)/t9-/m0/s1. The highest BCUT2D eigenvalue weighted by molar-refractivity contribution is 8.00. The van der Waals surface area contributed by atoms with Crippen molar-refractivity contribution in [1.82, 2.24) is 19.7 Å². The second kappa shape index (κ2) is 6.27. The number of thioether (sulfide) groups is 1. The summed E-state index contributed by atoms with van der Waals surface area (Å²) in [5, 5.41) is 6.85. The van der Waals surface area contributed by atoms with Gasteiger partial charge in [-0.05, 0) is 26.2 Å². The smallest absolute Gasteiger partial charge is 0.342 e. The number of hydrogen-bond donors (Lipinski definition) is 1.